The monoisotopic (exact) mass is 202 g/mol. The lowest BCUT2D eigenvalue weighted by atomic mass is 10.1. The number of hydrogen-bond acceptors (Lipinski definition) is 2. The van der Waals surface area contributed by atoms with Crippen LogP contribution < -0.4 is 0 Å². The van der Waals surface area contributed by atoms with E-state index >= 15 is 0 Å². The van der Waals surface area contributed by atoms with Crippen LogP contribution in [0.5, 0.6) is 0 Å². The van der Waals surface area contributed by atoms with E-state index in [0.717, 1.165) is 12.1 Å². The van der Waals surface area contributed by atoms with Gasteiger partial charge >= 0.3 is 0 Å². The SMILES string of the molecule is CCOCC(O)c1ccc(F)cc1F. The number of benzene rings is 1. The predicted octanol–water partition coefficient (Wildman–Crippen LogP) is 2.03. The summed E-state index contributed by atoms with van der Waals surface area (Å²) in [6.45, 7) is 2.23. The summed E-state index contributed by atoms with van der Waals surface area (Å²) in [4.78, 5) is 0. The molecule has 1 aromatic carbocycles. The maximum absolute atomic E-state index is 13.1. The molecule has 0 amide bonds. The predicted molar refractivity (Wildman–Crippen MR) is 47.8 cm³/mol. The minimum Gasteiger partial charge on any atom is -0.386 e. The summed E-state index contributed by atoms with van der Waals surface area (Å²) in [7, 11) is 0. The molecule has 78 valence electrons. The number of aliphatic hydroxyl groups is 1. The third kappa shape index (κ3) is 2.75. The molecule has 0 aliphatic carbocycles. The van der Waals surface area contributed by atoms with Gasteiger partial charge in [0.25, 0.3) is 0 Å². The molecule has 2 nitrogen and oxygen atoms in total. The lowest BCUT2D eigenvalue weighted by molar-refractivity contribution is 0.0401. The highest BCUT2D eigenvalue weighted by molar-refractivity contribution is 5.20. The Kier molecular flexibility index (Phi) is 3.98. The van der Waals surface area contributed by atoms with Gasteiger partial charge in [0.15, 0.2) is 0 Å². The number of aliphatic hydroxyl groups excluding tert-OH is 1. The first-order chi connectivity index (χ1) is 6.65. The minimum atomic E-state index is -1.05. The second-order valence-corrected chi connectivity index (χ2v) is 2.84. The molecule has 14 heavy (non-hydrogen) atoms. The van der Waals surface area contributed by atoms with Crippen LogP contribution in [-0.4, -0.2) is 18.3 Å². The van der Waals surface area contributed by atoms with Gasteiger partial charge in [-0.05, 0) is 13.0 Å². The third-order valence-electron chi connectivity index (χ3n) is 1.80. The van der Waals surface area contributed by atoms with Crippen LogP contribution in [0, 0.1) is 11.6 Å². The first-order valence-electron chi connectivity index (χ1n) is 4.36. The van der Waals surface area contributed by atoms with Crippen LogP contribution >= 0.6 is 0 Å². The summed E-state index contributed by atoms with van der Waals surface area (Å²) in [6, 6.07) is 3.06. The van der Waals surface area contributed by atoms with Crippen LogP contribution in [0.4, 0.5) is 8.78 Å². The second kappa shape index (κ2) is 5.02. The van der Waals surface area contributed by atoms with Crippen LogP contribution in [0.25, 0.3) is 0 Å². The summed E-state index contributed by atoms with van der Waals surface area (Å²) in [5.41, 5.74) is 0.0554. The molecule has 0 heterocycles. The summed E-state index contributed by atoms with van der Waals surface area (Å²) >= 11 is 0. The van der Waals surface area contributed by atoms with E-state index in [2.05, 4.69) is 0 Å². The zero-order valence-corrected chi connectivity index (χ0v) is 7.84. The molecular formula is C10H12F2O2. The standard InChI is InChI=1S/C10H12F2O2/c1-2-14-6-10(13)8-4-3-7(11)5-9(8)12/h3-5,10,13H,2,6H2,1H3. The molecule has 1 atom stereocenters. The Morgan fingerprint density at radius 2 is 2.14 bits per heavy atom. The average molecular weight is 202 g/mol. The second-order valence-electron chi connectivity index (χ2n) is 2.84. The molecule has 1 unspecified atom stereocenters. The van der Waals surface area contributed by atoms with Crippen molar-refractivity contribution in [3.8, 4) is 0 Å². The fourth-order valence-corrected chi connectivity index (χ4v) is 1.09. The van der Waals surface area contributed by atoms with E-state index in [1.54, 1.807) is 6.92 Å². The fraction of sp³-hybridized carbons (Fsp3) is 0.400. The highest BCUT2D eigenvalue weighted by Gasteiger charge is 2.12. The zero-order valence-electron chi connectivity index (χ0n) is 7.84. The van der Waals surface area contributed by atoms with Gasteiger partial charge in [0.1, 0.15) is 17.7 Å². The van der Waals surface area contributed by atoms with E-state index < -0.39 is 17.7 Å². The van der Waals surface area contributed by atoms with Crippen LogP contribution in [0.2, 0.25) is 0 Å². The Morgan fingerprint density at radius 1 is 1.43 bits per heavy atom. The Hall–Kier alpha value is -1.00. The molecule has 0 saturated heterocycles. The van der Waals surface area contributed by atoms with Crippen LogP contribution in [0.3, 0.4) is 0 Å². The molecule has 0 saturated carbocycles. The van der Waals surface area contributed by atoms with E-state index in [0.29, 0.717) is 6.61 Å². The largest absolute Gasteiger partial charge is 0.386 e. The molecule has 0 aliphatic rings. The van der Waals surface area contributed by atoms with Crippen molar-refractivity contribution in [1.29, 1.82) is 0 Å². The molecule has 0 bridgehead atoms. The number of rotatable bonds is 4. The number of halogens is 2. The molecule has 0 fully saturated rings. The average Bonchev–Trinajstić information content (AvgIpc) is 2.14. The van der Waals surface area contributed by atoms with E-state index in [4.69, 9.17) is 4.74 Å². The summed E-state index contributed by atoms with van der Waals surface area (Å²) < 4.78 is 30.5. The topological polar surface area (TPSA) is 29.5 Å². The van der Waals surface area contributed by atoms with Crippen molar-refractivity contribution >= 4 is 0 Å². The van der Waals surface area contributed by atoms with Crippen molar-refractivity contribution < 1.29 is 18.6 Å². The minimum absolute atomic E-state index is 0.0129. The van der Waals surface area contributed by atoms with E-state index in [9.17, 15) is 13.9 Å². The summed E-state index contributed by atoms with van der Waals surface area (Å²) in [5, 5.41) is 9.44. The van der Waals surface area contributed by atoms with Crippen LogP contribution in [0.1, 0.15) is 18.6 Å². The first-order valence-corrected chi connectivity index (χ1v) is 4.36. The Labute approximate surface area is 81.1 Å². The summed E-state index contributed by atoms with van der Waals surface area (Å²) in [5.74, 6) is -1.41. The quantitative estimate of drug-likeness (QED) is 0.809. The Morgan fingerprint density at radius 3 is 2.71 bits per heavy atom. The zero-order chi connectivity index (χ0) is 10.6. The normalized spacial score (nSPS) is 12.9. The molecule has 1 aromatic rings. The number of ether oxygens (including phenoxy) is 1. The van der Waals surface area contributed by atoms with Gasteiger partial charge in [-0.1, -0.05) is 6.07 Å². The van der Waals surface area contributed by atoms with Gasteiger partial charge in [-0.15, -0.1) is 0 Å². The smallest absolute Gasteiger partial charge is 0.132 e. The van der Waals surface area contributed by atoms with Gasteiger partial charge in [-0.2, -0.15) is 0 Å². The maximum atomic E-state index is 13.1. The van der Waals surface area contributed by atoms with Gasteiger partial charge in [-0.3, -0.25) is 0 Å². The van der Waals surface area contributed by atoms with Crippen LogP contribution in [-0.2, 0) is 4.74 Å². The lowest BCUT2D eigenvalue weighted by Gasteiger charge is -2.11. The van der Waals surface area contributed by atoms with Crippen molar-refractivity contribution in [3.63, 3.8) is 0 Å². The summed E-state index contributed by atoms with van der Waals surface area (Å²) in [6.07, 6.45) is -1.05. The number of hydrogen-bond donors (Lipinski definition) is 1. The highest BCUT2D eigenvalue weighted by atomic mass is 19.1. The Balaban J connectivity index is 2.74. The van der Waals surface area contributed by atoms with Gasteiger partial charge < -0.3 is 9.84 Å². The van der Waals surface area contributed by atoms with E-state index in [1.807, 2.05) is 0 Å². The van der Waals surface area contributed by atoms with Crippen molar-refractivity contribution in [2.75, 3.05) is 13.2 Å². The van der Waals surface area contributed by atoms with Crippen molar-refractivity contribution in [2.24, 2.45) is 0 Å². The van der Waals surface area contributed by atoms with Gasteiger partial charge in [0, 0.05) is 18.2 Å². The van der Waals surface area contributed by atoms with Gasteiger partial charge in [0.05, 0.1) is 6.61 Å². The molecule has 0 spiro atoms. The third-order valence-corrected chi connectivity index (χ3v) is 1.80. The van der Waals surface area contributed by atoms with E-state index in [-0.39, 0.29) is 12.2 Å². The maximum Gasteiger partial charge on any atom is 0.132 e. The highest BCUT2D eigenvalue weighted by Crippen LogP contribution is 2.18. The molecule has 0 radical (unpaired) electrons. The molecule has 0 aromatic heterocycles. The van der Waals surface area contributed by atoms with Gasteiger partial charge in [0.2, 0.25) is 0 Å². The lowest BCUT2D eigenvalue weighted by Crippen LogP contribution is -2.09. The van der Waals surface area contributed by atoms with Crippen molar-refractivity contribution in [1.82, 2.24) is 0 Å². The van der Waals surface area contributed by atoms with E-state index in [1.165, 1.54) is 6.07 Å². The van der Waals surface area contributed by atoms with Gasteiger partial charge in [-0.25, -0.2) is 8.78 Å². The van der Waals surface area contributed by atoms with Crippen molar-refractivity contribution in [2.45, 2.75) is 13.0 Å². The van der Waals surface area contributed by atoms with Crippen LogP contribution in [0.15, 0.2) is 18.2 Å². The molecule has 1 N–H and O–H groups in total. The van der Waals surface area contributed by atoms with Crippen molar-refractivity contribution in [3.05, 3.63) is 35.4 Å². The molecular weight excluding hydrogens is 190 g/mol. The fourth-order valence-electron chi connectivity index (χ4n) is 1.09. The molecule has 0 aliphatic heterocycles. The molecule has 4 heteroatoms. The molecule has 1 rings (SSSR count). The Bertz CT molecular complexity index is 302. The first kappa shape index (κ1) is 11.1.